The lowest BCUT2D eigenvalue weighted by molar-refractivity contribution is 0.747. The molecule has 0 fully saturated rings. The summed E-state index contributed by atoms with van der Waals surface area (Å²) in [6, 6.07) is 0. The van der Waals surface area contributed by atoms with Crippen LogP contribution in [0.4, 0.5) is 5.13 Å². The first-order chi connectivity index (χ1) is 6.74. The molecule has 0 bridgehead atoms. The van der Waals surface area contributed by atoms with Crippen molar-refractivity contribution in [3.8, 4) is 0 Å². The van der Waals surface area contributed by atoms with E-state index in [0.29, 0.717) is 6.54 Å². The molecule has 0 unspecified atom stereocenters. The molecule has 0 aliphatic carbocycles. The Morgan fingerprint density at radius 3 is 2.93 bits per heavy atom. The van der Waals surface area contributed by atoms with E-state index in [9.17, 15) is 0 Å². The fourth-order valence-electron chi connectivity index (χ4n) is 0.988. The molecule has 0 saturated carbocycles. The minimum absolute atomic E-state index is 0.579. The Labute approximate surface area is 85.0 Å². The lowest BCUT2D eigenvalue weighted by atomic mass is 10.6. The van der Waals surface area contributed by atoms with Crippen molar-refractivity contribution in [1.29, 1.82) is 0 Å². The van der Waals surface area contributed by atoms with Gasteiger partial charge < -0.3 is 5.32 Å². The van der Waals surface area contributed by atoms with Crippen LogP contribution in [0.3, 0.4) is 0 Å². The molecule has 6 nitrogen and oxygen atoms in total. The van der Waals surface area contributed by atoms with Gasteiger partial charge in [0.05, 0.1) is 6.54 Å². The van der Waals surface area contributed by atoms with Gasteiger partial charge in [0.15, 0.2) is 5.82 Å². The Bertz CT molecular complexity index is 379. The van der Waals surface area contributed by atoms with Crippen LogP contribution in [0.1, 0.15) is 10.8 Å². The smallest absolute Gasteiger partial charge is 0.206 e. The maximum absolute atomic E-state index is 4.13. The number of nitrogens with one attached hydrogen (secondary N) is 1. The van der Waals surface area contributed by atoms with Crippen LogP contribution < -0.4 is 5.32 Å². The summed E-state index contributed by atoms with van der Waals surface area (Å²) in [7, 11) is 1.84. The van der Waals surface area contributed by atoms with E-state index < -0.39 is 0 Å². The van der Waals surface area contributed by atoms with Gasteiger partial charge in [-0.25, -0.2) is 4.98 Å². The number of hydrogen-bond donors (Lipinski definition) is 1. The number of aryl methyl sites for hydroxylation is 2. The number of hydrogen-bond acceptors (Lipinski definition) is 6. The van der Waals surface area contributed by atoms with Crippen molar-refractivity contribution in [2.24, 2.45) is 7.05 Å². The maximum atomic E-state index is 4.13. The van der Waals surface area contributed by atoms with E-state index in [1.54, 1.807) is 11.0 Å². The predicted molar refractivity (Wildman–Crippen MR) is 53.0 cm³/mol. The number of anilines is 1. The predicted octanol–water partition coefficient (Wildman–Crippen LogP) is 0.587. The minimum Gasteiger partial charge on any atom is -0.353 e. The van der Waals surface area contributed by atoms with Crippen molar-refractivity contribution in [1.82, 2.24) is 25.0 Å². The Kier molecular flexibility index (Phi) is 2.40. The zero-order valence-corrected chi connectivity index (χ0v) is 8.75. The fourth-order valence-corrected chi connectivity index (χ4v) is 1.58. The summed E-state index contributed by atoms with van der Waals surface area (Å²) in [6.45, 7) is 2.50. The number of rotatable bonds is 3. The average molecular weight is 210 g/mol. The molecule has 0 aliphatic heterocycles. The number of nitrogens with zero attached hydrogens (tertiary/aromatic N) is 5. The second-order valence-corrected chi connectivity index (χ2v) is 4.00. The molecule has 0 aliphatic rings. The van der Waals surface area contributed by atoms with Crippen molar-refractivity contribution >= 4 is 16.5 Å². The third-order valence-electron chi connectivity index (χ3n) is 1.57. The summed E-state index contributed by atoms with van der Waals surface area (Å²) in [5.74, 6) is 0.750. The zero-order chi connectivity index (χ0) is 9.97. The Hall–Kier alpha value is -1.50. The fraction of sp³-hybridized carbons (Fsp3) is 0.429. The van der Waals surface area contributed by atoms with E-state index in [2.05, 4.69) is 25.6 Å². The van der Waals surface area contributed by atoms with Crippen molar-refractivity contribution in [3.05, 3.63) is 17.2 Å². The quantitative estimate of drug-likeness (QED) is 0.802. The largest absolute Gasteiger partial charge is 0.353 e. The Morgan fingerprint density at radius 2 is 2.36 bits per heavy atom. The highest BCUT2D eigenvalue weighted by molar-refractivity contribution is 7.15. The van der Waals surface area contributed by atoms with Gasteiger partial charge >= 0.3 is 0 Å². The van der Waals surface area contributed by atoms with Gasteiger partial charge in [-0.2, -0.15) is 5.10 Å². The maximum Gasteiger partial charge on any atom is 0.206 e. The van der Waals surface area contributed by atoms with E-state index in [-0.39, 0.29) is 0 Å². The Balaban J connectivity index is 1.94. The van der Waals surface area contributed by atoms with Gasteiger partial charge in [-0.3, -0.25) is 4.68 Å². The molecule has 2 aromatic rings. The highest BCUT2D eigenvalue weighted by atomic mass is 32.1. The van der Waals surface area contributed by atoms with Crippen LogP contribution in [0.5, 0.6) is 0 Å². The van der Waals surface area contributed by atoms with Crippen molar-refractivity contribution in [2.75, 3.05) is 5.32 Å². The molecule has 0 saturated heterocycles. The lowest BCUT2D eigenvalue weighted by Crippen LogP contribution is -2.01. The normalized spacial score (nSPS) is 10.4. The highest BCUT2D eigenvalue weighted by Crippen LogP contribution is 2.13. The average Bonchev–Trinajstić information content (AvgIpc) is 2.72. The van der Waals surface area contributed by atoms with E-state index in [1.807, 2.05) is 14.0 Å². The summed E-state index contributed by atoms with van der Waals surface area (Å²) in [4.78, 5) is 4.08. The molecular weight excluding hydrogens is 200 g/mol. The van der Waals surface area contributed by atoms with Crippen LogP contribution in [0, 0.1) is 6.92 Å². The monoisotopic (exact) mass is 210 g/mol. The second kappa shape index (κ2) is 3.70. The molecular formula is C7H10N6S. The van der Waals surface area contributed by atoms with Gasteiger partial charge in [0.25, 0.3) is 0 Å². The molecule has 2 rings (SSSR count). The van der Waals surface area contributed by atoms with E-state index >= 15 is 0 Å². The van der Waals surface area contributed by atoms with E-state index in [1.165, 1.54) is 11.3 Å². The SMILES string of the molecule is Cc1nnc(NCc2ncn(C)n2)s1. The number of aromatic nitrogens is 5. The van der Waals surface area contributed by atoms with Crippen LogP contribution in [0.25, 0.3) is 0 Å². The first-order valence-corrected chi connectivity index (χ1v) is 4.94. The molecule has 0 amide bonds. The Morgan fingerprint density at radius 1 is 1.50 bits per heavy atom. The minimum atomic E-state index is 0.579. The summed E-state index contributed by atoms with van der Waals surface area (Å²) in [5.41, 5.74) is 0. The molecule has 0 aromatic carbocycles. The van der Waals surface area contributed by atoms with Gasteiger partial charge in [-0.15, -0.1) is 10.2 Å². The highest BCUT2D eigenvalue weighted by Gasteiger charge is 2.01. The summed E-state index contributed by atoms with van der Waals surface area (Å²) in [5, 5.41) is 16.8. The van der Waals surface area contributed by atoms with E-state index in [0.717, 1.165) is 16.0 Å². The molecule has 2 aromatic heterocycles. The van der Waals surface area contributed by atoms with Crippen molar-refractivity contribution < 1.29 is 0 Å². The molecule has 0 spiro atoms. The first kappa shape index (κ1) is 9.07. The van der Waals surface area contributed by atoms with Gasteiger partial charge in [0.1, 0.15) is 11.3 Å². The summed E-state index contributed by atoms with van der Waals surface area (Å²) < 4.78 is 1.67. The summed E-state index contributed by atoms with van der Waals surface area (Å²) in [6.07, 6.45) is 1.67. The topological polar surface area (TPSA) is 68.5 Å². The van der Waals surface area contributed by atoms with Crippen LogP contribution in [0.2, 0.25) is 0 Å². The molecule has 0 atom stereocenters. The van der Waals surface area contributed by atoms with Gasteiger partial charge in [-0.05, 0) is 6.92 Å². The summed E-state index contributed by atoms with van der Waals surface area (Å²) >= 11 is 1.52. The van der Waals surface area contributed by atoms with Crippen molar-refractivity contribution in [2.45, 2.75) is 13.5 Å². The van der Waals surface area contributed by atoms with Crippen molar-refractivity contribution in [3.63, 3.8) is 0 Å². The third kappa shape index (κ3) is 2.05. The third-order valence-corrected chi connectivity index (χ3v) is 2.37. The van der Waals surface area contributed by atoms with E-state index in [4.69, 9.17) is 0 Å². The molecule has 74 valence electrons. The molecule has 1 N–H and O–H groups in total. The van der Waals surface area contributed by atoms with Crippen LogP contribution in [-0.4, -0.2) is 25.0 Å². The van der Waals surface area contributed by atoms with Gasteiger partial charge in [-0.1, -0.05) is 11.3 Å². The first-order valence-electron chi connectivity index (χ1n) is 4.12. The molecule has 7 heteroatoms. The molecule has 0 radical (unpaired) electrons. The molecule has 2 heterocycles. The molecule has 14 heavy (non-hydrogen) atoms. The lowest BCUT2D eigenvalue weighted by Gasteiger charge is -1.95. The zero-order valence-electron chi connectivity index (χ0n) is 7.93. The second-order valence-electron chi connectivity index (χ2n) is 2.81. The van der Waals surface area contributed by atoms with Crippen LogP contribution in [0.15, 0.2) is 6.33 Å². The van der Waals surface area contributed by atoms with Gasteiger partial charge in [0.2, 0.25) is 5.13 Å². The standard InChI is InChI=1S/C7H10N6S/c1-5-10-11-7(14-5)8-3-6-9-4-13(2)12-6/h4H,3H2,1-2H3,(H,8,11). The van der Waals surface area contributed by atoms with Crippen LogP contribution in [-0.2, 0) is 13.6 Å². The van der Waals surface area contributed by atoms with Crippen LogP contribution >= 0.6 is 11.3 Å². The van der Waals surface area contributed by atoms with Gasteiger partial charge in [0, 0.05) is 7.05 Å².